The van der Waals surface area contributed by atoms with Gasteiger partial charge in [-0.15, -0.1) is 0 Å². The van der Waals surface area contributed by atoms with Crippen LogP contribution in [0.5, 0.6) is 0 Å². The van der Waals surface area contributed by atoms with Gasteiger partial charge >= 0.3 is 0 Å². The Kier molecular flexibility index (Phi) is 6.34. The highest BCUT2D eigenvalue weighted by molar-refractivity contribution is 7.98. The SMILES string of the molecule is Cc1ccc(CSCCNC(=O)CN2c3ccccc3-c3ccccc3S2(=O)=O)cc1. The number of anilines is 1. The van der Waals surface area contributed by atoms with E-state index in [1.54, 1.807) is 42.1 Å². The first kappa shape index (κ1) is 21.5. The summed E-state index contributed by atoms with van der Waals surface area (Å²) >= 11 is 1.73. The molecule has 0 unspecified atom stereocenters. The summed E-state index contributed by atoms with van der Waals surface area (Å²) < 4.78 is 27.6. The minimum Gasteiger partial charge on any atom is -0.354 e. The van der Waals surface area contributed by atoms with Crippen molar-refractivity contribution in [3.05, 3.63) is 83.9 Å². The van der Waals surface area contributed by atoms with Crippen LogP contribution in [0.2, 0.25) is 0 Å². The third-order valence-electron chi connectivity index (χ3n) is 5.16. The maximum Gasteiger partial charge on any atom is 0.265 e. The van der Waals surface area contributed by atoms with Crippen molar-refractivity contribution in [1.29, 1.82) is 0 Å². The molecule has 3 aromatic carbocycles. The second-order valence-electron chi connectivity index (χ2n) is 7.41. The van der Waals surface area contributed by atoms with Crippen LogP contribution >= 0.6 is 11.8 Å². The number of sulfonamides is 1. The quantitative estimate of drug-likeness (QED) is 0.545. The first-order valence-electron chi connectivity index (χ1n) is 10.1. The number of amides is 1. The number of para-hydroxylation sites is 1. The monoisotopic (exact) mass is 452 g/mol. The van der Waals surface area contributed by atoms with Crippen molar-refractivity contribution in [2.45, 2.75) is 17.6 Å². The largest absolute Gasteiger partial charge is 0.354 e. The third-order valence-corrected chi connectivity index (χ3v) is 8.01. The lowest BCUT2D eigenvalue weighted by Crippen LogP contribution is -2.43. The van der Waals surface area contributed by atoms with Crippen molar-refractivity contribution < 1.29 is 13.2 Å². The van der Waals surface area contributed by atoms with Crippen molar-refractivity contribution in [3.63, 3.8) is 0 Å². The average Bonchev–Trinajstić information content (AvgIpc) is 2.78. The number of hydrogen-bond acceptors (Lipinski definition) is 4. The first-order chi connectivity index (χ1) is 15.0. The molecule has 0 spiro atoms. The predicted molar refractivity (Wildman–Crippen MR) is 127 cm³/mol. The smallest absolute Gasteiger partial charge is 0.265 e. The summed E-state index contributed by atoms with van der Waals surface area (Å²) in [6.07, 6.45) is 0. The third kappa shape index (κ3) is 4.62. The molecule has 0 fully saturated rings. The van der Waals surface area contributed by atoms with E-state index < -0.39 is 10.0 Å². The Morgan fingerprint density at radius 3 is 2.39 bits per heavy atom. The van der Waals surface area contributed by atoms with Gasteiger partial charge in [-0.2, -0.15) is 11.8 Å². The fourth-order valence-corrected chi connectivity index (χ4v) is 6.04. The van der Waals surface area contributed by atoms with E-state index >= 15 is 0 Å². The van der Waals surface area contributed by atoms with E-state index in [0.717, 1.165) is 17.1 Å². The van der Waals surface area contributed by atoms with Crippen LogP contribution in [0.3, 0.4) is 0 Å². The van der Waals surface area contributed by atoms with E-state index in [9.17, 15) is 13.2 Å². The zero-order valence-electron chi connectivity index (χ0n) is 17.2. The molecule has 1 aliphatic rings. The summed E-state index contributed by atoms with van der Waals surface area (Å²) in [4.78, 5) is 12.8. The number of thioether (sulfide) groups is 1. The van der Waals surface area contributed by atoms with E-state index in [-0.39, 0.29) is 17.3 Å². The number of nitrogens with zero attached hydrogens (tertiary/aromatic N) is 1. The summed E-state index contributed by atoms with van der Waals surface area (Å²) in [7, 11) is -3.80. The molecule has 0 saturated carbocycles. The topological polar surface area (TPSA) is 66.5 Å². The van der Waals surface area contributed by atoms with Crippen LogP contribution in [0, 0.1) is 6.92 Å². The highest BCUT2D eigenvalue weighted by atomic mass is 32.2. The Bertz CT molecular complexity index is 1190. The molecule has 0 aromatic heterocycles. The maximum absolute atomic E-state index is 13.2. The van der Waals surface area contributed by atoms with Gasteiger partial charge in [-0.1, -0.05) is 66.2 Å². The van der Waals surface area contributed by atoms with Crippen LogP contribution in [-0.4, -0.2) is 33.2 Å². The molecule has 0 bridgehead atoms. The summed E-state index contributed by atoms with van der Waals surface area (Å²) in [5.41, 5.74) is 4.50. The molecule has 160 valence electrons. The van der Waals surface area contributed by atoms with Crippen molar-refractivity contribution in [3.8, 4) is 11.1 Å². The van der Waals surface area contributed by atoms with Crippen LogP contribution in [-0.2, 0) is 20.6 Å². The highest BCUT2D eigenvalue weighted by Gasteiger charge is 2.35. The molecule has 0 radical (unpaired) electrons. The summed E-state index contributed by atoms with van der Waals surface area (Å²) in [6, 6.07) is 22.6. The van der Waals surface area contributed by atoms with Crippen LogP contribution in [0.4, 0.5) is 5.69 Å². The minimum atomic E-state index is -3.80. The number of hydrogen-bond donors (Lipinski definition) is 1. The number of fused-ring (bicyclic) bond motifs is 3. The van der Waals surface area contributed by atoms with Gasteiger partial charge in [0.05, 0.1) is 10.6 Å². The normalized spacial score (nSPS) is 13.9. The van der Waals surface area contributed by atoms with Crippen molar-refractivity contribution >= 4 is 33.4 Å². The molecule has 0 aliphatic carbocycles. The van der Waals surface area contributed by atoms with Gasteiger partial charge < -0.3 is 5.32 Å². The Morgan fingerprint density at radius 2 is 1.61 bits per heavy atom. The molecule has 1 amide bonds. The minimum absolute atomic E-state index is 0.232. The molecule has 31 heavy (non-hydrogen) atoms. The van der Waals surface area contributed by atoms with E-state index in [4.69, 9.17) is 0 Å². The molecule has 3 aromatic rings. The van der Waals surface area contributed by atoms with E-state index in [1.165, 1.54) is 15.4 Å². The van der Waals surface area contributed by atoms with Crippen molar-refractivity contribution in [2.75, 3.05) is 23.1 Å². The van der Waals surface area contributed by atoms with Gasteiger partial charge in [0.25, 0.3) is 10.0 Å². The second kappa shape index (κ2) is 9.16. The maximum atomic E-state index is 13.2. The van der Waals surface area contributed by atoms with Crippen molar-refractivity contribution in [2.24, 2.45) is 0 Å². The fourth-order valence-electron chi connectivity index (χ4n) is 3.57. The molecule has 1 N–H and O–H groups in total. The number of benzene rings is 3. The Morgan fingerprint density at radius 1 is 0.935 bits per heavy atom. The van der Waals surface area contributed by atoms with Crippen LogP contribution in [0.15, 0.2) is 77.7 Å². The van der Waals surface area contributed by atoms with Gasteiger partial charge in [0.15, 0.2) is 0 Å². The second-order valence-corrected chi connectivity index (χ2v) is 10.3. The lowest BCUT2D eigenvalue weighted by molar-refractivity contribution is -0.119. The Hall–Kier alpha value is -2.77. The van der Waals surface area contributed by atoms with E-state index in [2.05, 4.69) is 36.5 Å². The Balaban J connectivity index is 1.38. The number of carbonyl (C=O) groups is 1. The van der Waals surface area contributed by atoms with E-state index in [1.807, 2.05) is 18.2 Å². The fraction of sp³-hybridized carbons (Fsp3) is 0.208. The zero-order chi connectivity index (χ0) is 21.8. The molecular formula is C24H24N2O3S2. The van der Waals surface area contributed by atoms with Gasteiger partial charge in [-0.3, -0.25) is 9.10 Å². The van der Waals surface area contributed by atoms with Crippen LogP contribution < -0.4 is 9.62 Å². The number of nitrogens with one attached hydrogen (secondary N) is 1. The summed E-state index contributed by atoms with van der Waals surface area (Å²) in [6.45, 7) is 2.31. The van der Waals surface area contributed by atoms with Gasteiger partial charge in [-0.05, 0) is 24.6 Å². The molecule has 4 rings (SSSR count). The summed E-state index contributed by atoms with van der Waals surface area (Å²) in [5, 5.41) is 2.85. The zero-order valence-corrected chi connectivity index (χ0v) is 18.9. The molecule has 7 heteroatoms. The van der Waals surface area contributed by atoms with Crippen LogP contribution in [0.25, 0.3) is 11.1 Å². The van der Waals surface area contributed by atoms with Gasteiger partial charge in [-0.25, -0.2) is 8.42 Å². The number of carbonyl (C=O) groups excluding carboxylic acids is 1. The average molecular weight is 453 g/mol. The molecule has 0 atom stereocenters. The number of aryl methyl sites for hydroxylation is 1. The molecule has 0 saturated heterocycles. The molecular weight excluding hydrogens is 428 g/mol. The van der Waals surface area contributed by atoms with Crippen LogP contribution in [0.1, 0.15) is 11.1 Å². The lowest BCUT2D eigenvalue weighted by Gasteiger charge is -2.31. The van der Waals surface area contributed by atoms with Gasteiger partial charge in [0, 0.05) is 29.2 Å². The van der Waals surface area contributed by atoms with Crippen molar-refractivity contribution in [1.82, 2.24) is 5.32 Å². The molecule has 5 nitrogen and oxygen atoms in total. The van der Waals surface area contributed by atoms with Gasteiger partial charge in [0.1, 0.15) is 6.54 Å². The number of rotatable bonds is 7. The van der Waals surface area contributed by atoms with E-state index in [0.29, 0.717) is 17.8 Å². The molecule has 1 aliphatic heterocycles. The predicted octanol–water partition coefficient (Wildman–Crippen LogP) is 4.22. The summed E-state index contributed by atoms with van der Waals surface area (Å²) in [5.74, 6) is 1.32. The standard InChI is InChI=1S/C24H24N2O3S2/c1-18-10-12-19(13-11-18)17-30-15-14-25-24(27)16-26-22-8-4-2-6-20(22)21-7-3-5-9-23(21)31(26,28)29/h2-13H,14-17H2,1H3,(H,25,27). The molecule has 1 heterocycles. The Labute approximate surface area is 187 Å². The first-order valence-corrected chi connectivity index (χ1v) is 12.7. The van der Waals surface area contributed by atoms with Gasteiger partial charge in [0.2, 0.25) is 5.91 Å². The highest BCUT2D eigenvalue weighted by Crippen LogP contribution is 2.42. The lowest BCUT2D eigenvalue weighted by atomic mass is 10.0.